The summed E-state index contributed by atoms with van der Waals surface area (Å²) in [6.07, 6.45) is 3.79. The summed E-state index contributed by atoms with van der Waals surface area (Å²) in [5.41, 5.74) is 0. The Balaban J connectivity index is 0. The lowest BCUT2D eigenvalue weighted by molar-refractivity contribution is -0.121. The summed E-state index contributed by atoms with van der Waals surface area (Å²) in [6, 6.07) is 0.596. The van der Waals surface area contributed by atoms with Crippen LogP contribution in [0.4, 0.5) is 0 Å². The Morgan fingerprint density at radius 3 is 2.60 bits per heavy atom. The van der Waals surface area contributed by atoms with Gasteiger partial charge in [0.2, 0.25) is 5.91 Å². The van der Waals surface area contributed by atoms with E-state index in [1.165, 1.54) is 0 Å². The number of carbonyl (C=O) groups excluding carboxylic acids is 1. The minimum atomic E-state index is 0. The van der Waals surface area contributed by atoms with Gasteiger partial charge in [0.15, 0.2) is 0 Å². The summed E-state index contributed by atoms with van der Waals surface area (Å²) in [7, 11) is 2.13. The van der Waals surface area contributed by atoms with Crippen molar-refractivity contribution in [1.82, 2.24) is 10.2 Å². The van der Waals surface area contributed by atoms with Crippen LogP contribution in [-0.2, 0) is 4.79 Å². The molecule has 0 bridgehead atoms. The largest absolute Gasteiger partial charge is 0.356 e. The van der Waals surface area contributed by atoms with Gasteiger partial charge in [-0.3, -0.25) is 4.79 Å². The maximum atomic E-state index is 11.3. The van der Waals surface area contributed by atoms with E-state index < -0.39 is 0 Å². The topological polar surface area (TPSA) is 32.3 Å². The first-order chi connectivity index (χ1) is 7.07. The molecular weight excluding hydrogens is 188 g/mol. The molecule has 0 atom stereocenters. The smallest absolute Gasteiger partial charge is 0.219 e. The van der Waals surface area contributed by atoms with Crippen LogP contribution in [0.1, 0.15) is 47.9 Å². The molecule has 0 aliphatic rings. The molecule has 3 nitrogen and oxygen atoms in total. The molecular formula is C12H28N2O. The quantitative estimate of drug-likeness (QED) is 0.631. The van der Waals surface area contributed by atoms with Gasteiger partial charge in [0.05, 0.1) is 0 Å². The van der Waals surface area contributed by atoms with Crippen molar-refractivity contribution in [3.8, 4) is 0 Å². The van der Waals surface area contributed by atoms with E-state index in [1.807, 2.05) is 0 Å². The molecule has 3 heteroatoms. The van der Waals surface area contributed by atoms with E-state index in [-0.39, 0.29) is 7.33 Å². The van der Waals surface area contributed by atoms with Crippen molar-refractivity contribution < 1.29 is 6.22 Å². The maximum Gasteiger partial charge on any atom is 0.219 e. The molecule has 1 N–H and O–H groups in total. The summed E-state index contributed by atoms with van der Waals surface area (Å²) in [6.45, 7) is 8.34. The zero-order valence-electron chi connectivity index (χ0n) is 10.7. The third kappa shape index (κ3) is 8.43. The molecule has 0 fully saturated rings. The van der Waals surface area contributed by atoms with Crippen molar-refractivity contribution in [2.45, 2.75) is 52.5 Å². The minimum Gasteiger partial charge on any atom is -0.356 e. The highest BCUT2D eigenvalue weighted by Gasteiger charge is 2.03. The Morgan fingerprint density at radius 1 is 1.40 bits per heavy atom. The first-order valence-corrected chi connectivity index (χ1v) is 6.04. The van der Waals surface area contributed by atoms with Crippen LogP contribution in [0.5, 0.6) is 0 Å². The van der Waals surface area contributed by atoms with Gasteiger partial charge < -0.3 is 10.2 Å². The SMILES string of the molecule is CCCNC(=O)CCCCN(C)C(C)C.[HH]. The molecule has 0 aromatic rings. The second-order valence-electron chi connectivity index (χ2n) is 4.38. The molecule has 1 amide bonds. The number of hydrogen-bond donors (Lipinski definition) is 1. The van der Waals surface area contributed by atoms with E-state index >= 15 is 0 Å². The lowest BCUT2D eigenvalue weighted by atomic mass is 10.2. The van der Waals surface area contributed by atoms with Crippen molar-refractivity contribution in [2.75, 3.05) is 20.1 Å². The van der Waals surface area contributed by atoms with Crippen LogP contribution in [0.2, 0.25) is 0 Å². The van der Waals surface area contributed by atoms with Crippen molar-refractivity contribution >= 4 is 5.91 Å². The van der Waals surface area contributed by atoms with Crippen molar-refractivity contribution in [2.24, 2.45) is 0 Å². The van der Waals surface area contributed by atoms with Gasteiger partial charge in [-0.15, -0.1) is 0 Å². The Kier molecular flexibility index (Phi) is 8.38. The van der Waals surface area contributed by atoms with Crippen LogP contribution < -0.4 is 5.32 Å². The Morgan fingerprint density at radius 2 is 2.07 bits per heavy atom. The number of nitrogens with one attached hydrogen (secondary N) is 1. The fraction of sp³-hybridized carbons (Fsp3) is 0.917. The van der Waals surface area contributed by atoms with E-state index in [4.69, 9.17) is 0 Å². The molecule has 0 saturated heterocycles. The lowest BCUT2D eigenvalue weighted by Gasteiger charge is -2.20. The summed E-state index contributed by atoms with van der Waals surface area (Å²) in [4.78, 5) is 13.6. The van der Waals surface area contributed by atoms with Crippen LogP contribution in [0.25, 0.3) is 0 Å². The number of amides is 1. The Labute approximate surface area is 95.7 Å². The third-order valence-electron chi connectivity index (χ3n) is 2.62. The van der Waals surface area contributed by atoms with E-state index in [0.717, 1.165) is 32.4 Å². The molecule has 0 rings (SSSR count). The summed E-state index contributed by atoms with van der Waals surface area (Å²) < 4.78 is 0. The predicted octanol–water partition coefficient (Wildman–Crippen LogP) is 2.27. The zero-order chi connectivity index (χ0) is 11.7. The summed E-state index contributed by atoms with van der Waals surface area (Å²) >= 11 is 0. The normalized spacial score (nSPS) is 11.1. The first kappa shape index (κ1) is 14.4. The van der Waals surface area contributed by atoms with Crippen LogP contribution in [0, 0.1) is 0 Å². The molecule has 0 heterocycles. The van der Waals surface area contributed by atoms with Gasteiger partial charge in [-0.25, -0.2) is 0 Å². The van der Waals surface area contributed by atoms with E-state index in [0.29, 0.717) is 12.5 Å². The molecule has 0 aliphatic heterocycles. The standard InChI is InChI=1S/C12H26N2O.H2/c1-5-9-13-12(15)8-6-7-10-14(4)11(2)3;/h11H,5-10H2,1-4H3,(H,13,15);1H. The molecule has 0 saturated carbocycles. The second-order valence-corrected chi connectivity index (χ2v) is 4.38. The molecule has 92 valence electrons. The highest BCUT2D eigenvalue weighted by Crippen LogP contribution is 2.00. The van der Waals surface area contributed by atoms with Gasteiger partial charge in [0.25, 0.3) is 0 Å². The number of rotatable bonds is 8. The predicted molar refractivity (Wildman–Crippen MR) is 67.0 cm³/mol. The summed E-state index contributed by atoms with van der Waals surface area (Å²) in [5, 5.41) is 2.89. The molecule has 0 aromatic carbocycles. The number of carbonyl (C=O) groups is 1. The fourth-order valence-electron chi connectivity index (χ4n) is 1.26. The molecule has 0 unspecified atom stereocenters. The van der Waals surface area contributed by atoms with Gasteiger partial charge in [0, 0.05) is 20.4 Å². The van der Waals surface area contributed by atoms with Crippen molar-refractivity contribution in [1.29, 1.82) is 0 Å². The number of hydrogen-bond acceptors (Lipinski definition) is 2. The van der Waals surface area contributed by atoms with Gasteiger partial charge in [0.1, 0.15) is 0 Å². The zero-order valence-corrected chi connectivity index (χ0v) is 10.7. The van der Waals surface area contributed by atoms with Crippen LogP contribution in [0.3, 0.4) is 0 Å². The van der Waals surface area contributed by atoms with E-state index in [1.54, 1.807) is 0 Å². The summed E-state index contributed by atoms with van der Waals surface area (Å²) in [5.74, 6) is 0.198. The third-order valence-corrected chi connectivity index (χ3v) is 2.62. The molecule has 0 aromatic heterocycles. The molecule has 0 radical (unpaired) electrons. The molecule has 0 spiro atoms. The monoisotopic (exact) mass is 216 g/mol. The van der Waals surface area contributed by atoms with Crippen molar-refractivity contribution in [3.05, 3.63) is 0 Å². The van der Waals surface area contributed by atoms with Crippen LogP contribution >= 0.6 is 0 Å². The van der Waals surface area contributed by atoms with Gasteiger partial charge in [-0.2, -0.15) is 0 Å². The van der Waals surface area contributed by atoms with Crippen LogP contribution in [0.15, 0.2) is 0 Å². The Bertz CT molecular complexity index is 174. The second kappa shape index (κ2) is 8.72. The number of unbranched alkanes of at least 4 members (excludes halogenated alkanes) is 1. The van der Waals surface area contributed by atoms with E-state index in [2.05, 4.69) is 38.0 Å². The maximum absolute atomic E-state index is 11.3. The van der Waals surface area contributed by atoms with Crippen molar-refractivity contribution in [3.63, 3.8) is 0 Å². The average Bonchev–Trinajstić information content (AvgIpc) is 2.20. The fourth-order valence-corrected chi connectivity index (χ4v) is 1.26. The first-order valence-electron chi connectivity index (χ1n) is 6.04. The highest BCUT2D eigenvalue weighted by molar-refractivity contribution is 5.75. The highest BCUT2D eigenvalue weighted by atomic mass is 16.1. The molecule has 0 aliphatic carbocycles. The Hall–Kier alpha value is -0.570. The van der Waals surface area contributed by atoms with Gasteiger partial charge >= 0.3 is 0 Å². The van der Waals surface area contributed by atoms with E-state index in [9.17, 15) is 4.79 Å². The molecule has 15 heavy (non-hydrogen) atoms. The van der Waals surface area contributed by atoms with Crippen LogP contribution in [-0.4, -0.2) is 37.0 Å². The van der Waals surface area contributed by atoms with Gasteiger partial charge in [-0.1, -0.05) is 6.92 Å². The lowest BCUT2D eigenvalue weighted by Crippen LogP contribution is -2.28. The van der Waals surface area contributed by atoms with Gasteiger partial charge in [-0.05, 0) is 46.7 Å². The minimum absolute atomic E-state index is 0. The average molecular weight is 216 g/mol. The number of nitrogens with zero attached hydrogens (tertiary/aromatic N) is 1.